The molecule has 2 aromatic rings. The third-order valence-electron chi connectivity index (χ3n) is 6.49. The fourth-order valence-corrected chi connectivity index (χ4v) is 5.55. The van der Waals surface area contributed by atoms with Gasteiger partial charge in [0.15, 0.2) is 9.84 Å². The van der Waals surface area contributed by atoms with Gasteiger partial charge < -0.3 is 19.9 Å². The van der Waals surface area contributed by atoms with E-state index in [0.29, 0.717) is 32.4 Å². The second kappa shape index (κ2) is 15.6. The molecule has 0 spiro atoms. The summed E-state index contributed by atoms with van der Waals surface area (Å²) in [5.74, 6) is 0.458. The van der Waals surface area contributed by atoms with Crippen molar-refractivity contribution in [3.63, 3.8) is 0 Å². The summed E-state index contributed by atoms with van der Waals surface area (Å²) in [6.07, 6.45) is -0.0166. The number of methoxy groups -OCH3 is 1. The van der Waals surface area contributed by atoms with E-state index in [1.165, 1.54) is 6.92 Å². The van der Waals surface area contributed by atoms with Crippen LogP contribution in [0.25, 0.3) is 0 Å². The van der Waals surface area contributed by atoms with Gasteiger partial charge >= 0.3 is 6.09 Å². The van der Waals surface area contributed by atoms with Gasteiger partial charge in [-0.2, -0.15) is 5.26 Å². The SMILES string of the molecule is COc1ccc(CN(CC(O)[C@H](Cc2ccccc2)NC(=O)OC(C)CS(C)(=O)=O)CC(C)(C)CCC#N)cc1. The normalized spacial score (nSPS) is 14.2. The molecule has 3 atom stereocenters. The van der Waals surface area contributed by atoms with E-state index in [4.69, 9.17) is 14.7 Å². The summed E-state index contributed by atoms with van der Waals surface area (Å²) in [5, 5.41) is 23.3. The predicted molar refractivity (Wildman–Crippen MR) is 156 cm³/mol. The molecule has 9 nitrogen and oxygen atoms in total. The molecular weight excluding hydrogens is 530 g/mol. The summed E-state index contributed by atoms with van der Waals surface area (Å²) in [5.41, 5.74) is 1.77. The molecule has 0 radical (unpaired) electrons. The Morgan fingerprint density at radius 3 is 2.35 bits per heavy atom. The zero-order valence-electron chi connectivity index (χ0n) is 24.2. The van der Waals surface area contributed by atoms with Crippen molar-refractivity contribution >= 4 is 15.9 Å². The highest BCUT2D eigenvalue weighted by Gasteiger charge is 2.29. The van der Waals surface area contributed by atoms with Gasteiger partial charge in [0.2, 0.25) is 0 Å². The van der Waals surface area contributed by atoms with Gasteiger partial charge in [0.05, 0.1) is 31.1 Å². The average molecular weight is 574 g/mol. The van der Waals surface area contributed by atoms with Crippen LogP contribution in [0.15, 0.2) is 54.6 Å². The van der Waals surface area contributed by atoms with Gasteiger partial charge in [0.25, 0.3) is 0 Å². The van der Waals surface area contributed by atoms with Crippen LogP contribution in [0.3, 0.4) is 0 Å². The number of aliphatic hydroxyl groups excluding tert-OH is 1. The molecule has 10 heteroatoms. The van der Waals surface area contributed by atoms with Crippen LogP contribution >= 0.6 is 0 Å². The van der Waals surface area contributed by atoms with E-state index < -0.39 is 34.2 Å². The van der Waals surface area contributed by atoms with E-state index in [-0.39, 0.29) is 17.7 Å². The summed E-state index contributed by atoms with van der Waals surface area (Å²) in [6.45, 7) is 7.12. The molecule has 0 aromatic heterocycles. The van der Waals surface area contributed by atoms with Crippen molar-refractivity contribution < 1.29 is 27.8 Å². The van der Waals surface area contributed by atoms with Crippen LogP contribution in [0.5, 0.6) is 5.75 Å². The van der Waals surface area contributed by atoms with E-state index in [1.807, 2.05) is 54.6 Å². The Kier molecular flexibility index (Phi) is 12.9. The molecule has 40 heavy (non-hydrogen) atoms. The Labute approximate surface area is 239 Å². The average Bonchev–Trinajstić information content (AvgIpc) is 2.86. The van der Waals surface area contributed by atoms with Crippen molar-refractivity contribution in [2.45, 2.75) is 64.8 Å². The van der Waals surface area contributed by atoms with Crippen molar-refractivity contribution in [2.24, 2.45) is 5.41 Å². The van der Waals surface area contributed by atoms with Crippen LogP contribution in [0.1, 0.15) is 44.7 Å². The van der Waals surface area contributed by atoms with Gasteiger partial charge in [-0.3, -0.25) is 4.90 Å². The number of nitrogens with one attached hydrogen (secondary N) is 1. The highest BCUT2D eigenvalue weighted by atomic mass is 32.2. The smallest absolute Gasteiger partial charge is 0.407 e. The number of aliphatic hydroxyl groups is 1. The monoisotopic (exact) mass is 573 g/mol. The number of ether oxygens (including phenoxy) is 2. The number of hydrogen-bond donors (Lipinski definition) is 2. The molecule has 0 fully saturated rings. The molecule has 0 aliphatic heterocycles. The Morgan fingerprint density at radius 2 is 1.77 bits per heavy atom. The highest BCUT2D eigenvalue weighted by Crippen LogP contribution is 2.25. The third kappa shape index (κ3) is 12.8. The molecule has 0 aliphatic carbocycles. The van der Waals surface area contributed by atoms with Gasteiger partial charge in [0, 0.05) is 32.3 Å². The van der Waals surface area contributed by atoms with Crippen molar-refractivity contribution in [3.05, 3.63) is 65.7 Å². The van der Waals surface area contributed by atoms with Gasteiger partial charge in [-0.15, -0.1) is 0 Å². The molecule has 0 saturated carbocycles. The fraction of sp³-hybridized carbons (Fsp3) is 0.533. The number of benzene rings is 2. The molecule has 2 unspecified atom stereocenters. The maximum Gasteiger partial charge on any atom is 0.407 e. The van der Waals surface area contributed by atoms with E-state index in [0.717, 1.165) is 23.1 Å². The Bertz CT molecular complexity index is 1200. The van der Waals surface area contributed by atoms with E-state index in [1.54, 1.807) is 7.11 Å². The number of hydrogen-bond acceptors (Lipinski definition) is 8. The van der Waals surface area contributed by atoms with Crippen LogP contribution in [0.4, 0.5) is 4.79 Å². The van der Waals surface area contributed by atoms with Crippen LogP contribution in [-0.2, 0) is 27.5 Å². The molecule has 0 saturated heterocycles. The van der Waals surface area contributed by atoms with Crippen LogP contribution in [-0.4, -0.2) is 75.0 Å². The van der Waals surface area contributed by atoms with E-state index >= 15 is 0 Å². The molecule has 1 amide bonds. The first-order valence-electron chi connectivity index (χ1n) is 13.4. The second-order valence-electron chi connectivity index (χ2n) is 11.2. The lowest BCUT2D eigenvalue weighted by Gasteiger charge is -2.35. The number of rotatable bonds is 16. The lowest BCUT2D eigenvalue weighted by molar-refractivity contribution is 0.0506. The van der Waals surface area contributed by atoms with Gasteiger partial charge in [-0.1, -0.05) is 56.3 Å². The summed E-state index contributed by atoms with van der Waals surface area (Å²) in [6, 6.07) is 18.7. The number of nitrogens with zero attached hydrogens (tertiary/aromatic N) is 2. The maximum atomic E-state index is 12.7. The minimum absolute atomic E-state index is 0.190. The number of nitriles is 1. The molecule has 0 bridgehead atoms. The first-order valence-corrected chi connectivity index (χ1v) is 15.5. The molecule has 2 aromatic carbocycles. The van der Waals surface area contributed by atoms with Crippen LogP contribution in [0, 0.1) is 16.7 Å². The molecule has 0 heterocycles. The summed E-state index contributed by atoms with van der Waals surface area (Å²) in [7, 11) is -1.71. The summed E-state index contributed by atoms with van der Waals surface area (Å²) >= 11 is 0. The predicted octanol–water partition coefficient (Wildman–Crippen LogP) is 3.96. The van der Waals surface area contributed by atoms with E-state index in [9.17, 15) is 18.3 Å². The second-order valence-corrected chi connectivity index (χ2v) is 13.3. The number of sulfone groups is 1. The number of carbonyl (C=O) groups is 1. The topological polar surface area (TPSA) is 129 Å². The molecule has 0 aliphatic rings. The Balaban J connectivity index is 2.24. The third-order valence-corrected chi connectivity index (χ3v) is 7.56. The molecule has 220 valence electrons. The van der Waals surface area contributed by atoms with Gasteiger partial charge in [-0.05, 0) is 48.4 Å². The van der Waals surface area contributed by atoms with Crippen molar-refractivity contribution in [2.75, 3.05) is 32.2 Å². The molecule has 2 rings (SSSR count). The number of alkyl carbamates (subject to hydrolysis) is 1. The minimum atomic E-state index is -3.33. The van der Waals surface area contributed by atoms with Crippen molar-refractivity contribution in [1.29, 1.82) is 5.26 Å². The van der Waals surface area contributed by atoms with Gasteiger partial charge in [0.1, 0.15) is 11.9 Å². The standard InChI is InChI=1S/C30H43N3O6S/c1-23(21-40(5,36)37)39-29(35)32-27(18-24-10-7-6-8-11-24)28(34)20-33(22-30(2,3)16-9-17-31)19-25-12-14-26(38-4)15-13-25/h6-8,10-15,23,27-28,34H,9,16,18-22H2,1-5H3,(H,32,35)/t23?,27-,28?/m0/s1. The molecule has 2 N–H and O–H groups in total. The fourth-order valence-electron chi connectivity index (χ4n) is 4.62. The molecular formula is C30H43N3O6S. The number of amides is 1. The van der Waals surface area contributed by atoms with Gasteiger partial charge in [-0.25, -0.2) is 13.2 Å². The number of carbonyl (C=O) groups excluding carboxylic acids is 1. The quantitative estimate of drug-likeness (QED) is 0.309. The zero-order valence-corrected chi connectivity index (χ0v) is 25.0. The van der Waals surface area contributed by atoms with Crippen molar-refractivity contribution in [1.82, 2.24) is 10.2 Å². The summed E-state index contributed by atoms with van der Waals surface area (Å²) in [4.78, 5) is 14.9. The minimum Gasteiger partial charge on any atom is -0.497 e. The van der Waals surface area contributed by atoms with E-state index in [2.05, 4.69) is 30.1 Å². The zero-order chi connectivity index (χ0) is 29.8. The highest BCUT2D eigenvalue weighted by molar-refractivity contribution is 7.90. The first kappa shape index (κ1) is 33.1. The largest absolute Gasteiger partial charge is 0.497 e. The lowest BCUT2D eigenvalue weighted by atomic mass is 9.87. The Hall–Kier alpha value is -3.13. The lowest BCUT2D eigenvalue weighted by Crippen LogP contribution is -2.51. The first-order chi connectivity index (χ1) is 18.8. The maximum absolute atomic E-state index is 12.7. The van der Waals surface area contributed by atoms with Crippen LogP contribution in [0.2, 0.25) is 0 Å². The summed E-state index contributed by atoms with van der Waals surface area (Å²) < 4.78 is 33.8. The van der Waals surface area contributed by atoms with Crippen LogP contribution < -0.4 is 10.1 Å². The van der Waals surface area contributed by atoms with Crippen molar-refractivity contribution in [3.8, 4) is 11.8 Å². The Morgan fingerprint density at radius 1 is 1.12 bits per heavy atom.